The van der Waals surface area contributed by atoms with Gasteiger partial charge in [-0.1, -0.05) is 18.2 Å². The molecule has 1 heterocycles. The fourth-order valence-electron chi connectivity index (χ4n) is 2.63. The van der Waals surface area contributed by atoms with E-state index in [9.17, 15) is 19.7 Å². The topological polar surface area (TPSA) is 127 Å². The summed E-state index contributed by atoms with van der Waals surface area (Å²) in [6.45, 7) is 3.28. The van der Waals surface area contributed by atoms with Gasteiger partial charge in [0, 0.05) is 22.9 Å². The monoisotopic (exact) mass is 406 g/mol. The molecule has 0 aliphatic heterocycles. The summed E-state index contributed by atoms with van der Waals surface area (Å²) in [5.74, 6) is -0.772. The number of aryl methyl sites for hydroxylation is 1. The fraction of sp³-hybridized carbons (Fsp3) is 0.0952. The van der Waals surface area contributed by atoms with E-state index in [1.807, 2.05) is 0 Å². The molecule has 0 bridgehead atoms. The molecule has 152 valence electrons. The Labute approximate surface area is 171 Å². The molecule has 0 unspecified atom stereocenters. The van der Waals surface area contributed by atoms with E-state index in [1.54, 1.807) is 50.2 Å². The Morgan fingerprint density at radius 3 is 2.53 bits per heavy atom. The number of hydrogen-bond acceptors (Lipinski definition) is 6. The summed E-state index contributed by atoms with van der Waals surface area (Å²) in [4.78, 5) is 34.9. The molecule has 0 aliphatic carbocycles. The van der Waals surface area contributed by atoms with Gasteiger partial charge in [0.25, 0.3) is 17.5 Å². The van der Waals surface area contributed by atoms with Crippen LogP contribution < -0.4 is 10.7 Å². The van der Waals surface area contributed by atoms with Crippen molar-refractivity contribution in [2.45, 2.75) is 13.8 Å². The summed E-state index contributed by atoms with van der Waals surface area (Å²) in [5.41, 5.74) is 4.53. The van der Waals surface area contributed by atoms with E-state index in [2.05, 4.69) is 15.8 Å². The molecule has 2 aromatic carbocycles. The Kier molecular flexibility index (Phi) is 6.02. The van der Waals surface area contributed by atoms with Gasteiger partial charge in [0.05, 0.1) is 16.9 Å². The summed E-state index contributed by atoms with van der Waals surface area (Å²) in [6.07, 6.45) is 1.41. The molecule has 0 radical (unpaired) electrons. The maximum atomic E-state index is 12.3. The van der Waals surface area contributed by atoms with E-state index in [-0.39, 0.29) is 22.9 Å². The second kappa shape index (κ2) is 8.82. The minimum absolute atomic E-state index is 0.128. The van der Waals surface area contributed by atoms with Crippen LogP contribution in [0.25, 0.3) is 0 Å². The standard InChI is InChI=1S/C21H18N4O5/c1-13-8-9-16(12-18(13)25(28)29)20(26)24-23-14(2)15-5-3-6-17(11-15)22-21(27)19-7-4-10-30-19/h3-12H,1-2H3,(H,22,27)(H,24,26)/b23-14+. The van der Waals surface area contributed by atoms with Crippen LogP contribution in [-0.2, 0) is 0 Å². The average molecular weight is 406 g/mol. The molecule has 0 aliphatic rings. The zero-order valence-electron chi connectivity index (χ0n) is 16.2. The molecule has 3 rings (SSSR count). The smallest absolute Gasteiger partial charge is 0.291 e. The van der Waals surface area contributed by atoms with Gasteiger partial charge in [-0.15, -0.1) is 0 Å². The predicted molar refractivity (Wildman–Crippen MR) is 111 cm³/mol. The zero-order valence-corrected chi connectivity index (χ0v) is 16.2. The van der Waals surface area contributed by atoms with Crippen LogP contribution in [0.2, 0.25) is 0 Å². The van der Waals surface area contributed by atoms with E-state index in [0.717, 1.165) is 0 Å². The highest BCUT2D eigenvalue weighted by Gasteiger charge is 2.15. The normalized spacial score (nSPS) is 11.1. The van der Waals surface area contributed by atoms with Gasteiger partial charge in [0.15, 0.2) is 5.76 Å². The number of carbonyl (C=O) groups is 2. The van der Waals surface area contributed by atoms with Crippen LogP contribution in [0.4, 0.5) is 11.4 Å². The third-order valence-corrected chi connectivity index (χ3v) is 4.28. The first-order valence-electron chi connectivity index (χ1n) is 8.90. The number of nitrogens with zero attached hydrogens (tertiary/aromatic N) is 2. The summed E-state index contributed by atoms with van der Waals surface area (Å²) < 4.78 is 5.06. The predicted octanol–water partition coefficient (Wildman–Crippen LogP) is 3.90. The lowest BCUT2D eigenvalue weighted by atomic mass is 10.1. The van der Waals surface area contributed by atoms with Crippen molar-refractivity contribution < 1.29 is 18.9 Å². The number of hydrogen-bond donors (Lipinski definition) is 2. The second-order valence-electron chi connectivity index (χ2n) is 6.41. The highest BCUT2D eigenvalue weighted by Crippen LogP contribution is 2.19. The van der Waals surface area contributed by atoms with Gasteiger partial charge in [-0.25, -0.2) is 5.43 Å². The highest BCUT2D eigenvalue weighted by atomic mass is 16.6. The third kappa shape index (κ3) is 4.76. The lowest BCUT2D eigenvalue weighted by Crippen LogP contribution is -2.19. The number of anilines is 1. The van der Waals surface area contributed by atoms with E-state index in [0.29, 0.717) is 22.5 Å². The van der Waals surface area contributed by atoms with Gasteiger partial charge in [0.1, 0.15) is 0 Å². The summed E-state index contributed by atoms with van der Waals surface area (Å²) in [7, 11) is 0. The first-order chi connectivity index (χ1) is 14.3. The molecule has 0 saturated heterocycles. The van der Waals surface area contributed by atoms with Crippen molar-refractivity contribution in [1.29, 1.82) is 0 Å². The van der Waals surface area contributed by atoms with Crippen LogP contribution >= 0.6 is 0 Å². The van der Waals surface area contributed by atoms with Crippen molar-refractivity contribution >= 4 is 28.9 Å². The SMILES string of the molecule is C/C(=N\NC(=O)c1ccc(C)c([N+](=O)[O-])c1)c1cccc(NC(=O)c2ccco2)c1. The molecule has 2 amide bonds. The first-order valence-corrected chi connectivity index (χ1v) is 8.90. The van der Waals surface area contributed by atoms with E-state index in [1.165, 1.54) is 24.5 Å². The van der Waals surface area contributed by atoms with Crippen LogP contribution in [-0.4, -0.2) is 22.4 Å². The minimum Gasteiger partial charge on any atom is -0.459 e. The van der Waals surface area contributed by atoms with Gasteiger partial charge in [-0.05, 0) is 49.7 Å². The zero-order chi connectivity index (χ0) is 21.7. The minimum atomic E-state index is -0.570. The maximum absolute atomic E-state index is 12.3. The van der Waals surface area contributed by atoms with Crippen molar-refractivity contribution in [2.75, 3.05) is 5.32 Å². The van der Waals surface area contributed by atoms with Crippen molar-refractivity contribution in [1.82, 2.24) is 5.43 Å². The molecule has 9 nitrogen and oxygen atoms in total. The van der Waals surface area contributed by atoms with Gasteiger partial charge in [-0.3, -0.25) is 19.7 Å². The molecular formula is C21H18N4O5. The van der Waals surface area contributed by atoms with E-state index in [4.69, 9.17) is 4.42 Å². The number of rotatable bonds is 6. The molecule has 1 aromatic heterocycles. The first kappa shape index (κ1) is 20.5. The quantitative estimate of drug-likeness (QED) is 0.365. The molecule has 0 spiro atoms. The molecule has 30 heavy (non-hydrogen) atoms. The Balaban J connectivity index is 1.71. The molecule has 0 atom stereocenters. The van der Waals surface area contributed by atoms with Crippen LogP contribution in [0.5, 0.6) is 0 Å². The maximum Gasteiger partial charge on any atom is 0.291 e. The lowest BCUT2D eigenvalue weighted by Gasteiger charge is -2.07. The molecular weight excluding hydrogens is 388 g/mol. The van der Waals surface area contributed by atoms with Crippen LogP contribution in [0.1, 0.15) is 39.0 Å². The van der Waals surface area contributed by atoms with Gasteiger partial charge in [-0.2, -0.15) is 5.10 Å². The van der Waals surface area contributed by atoms with Crippen molar-refractivity contribution in [3.8, 4) is 0 Å². The summed E-state index contributed by atoms with van der Waals surface area (Å²) >= 11 is 0. The van der Waals surface area contributed by atoms with Crippen LogP contribution in [0.15, 0.2) is 70.4 Å². The Morgan fingerprint density at radius 1 is 1.03 bits per heavy atom. The molecule has 0 saturated carbocycles. The fourth-order valence-corrected chi connectivity index (χ4v) is 2.63. The van der Waals surface area contributed by atoms with Gasteiger partial charge in [0.2, 0.25) is 0 Å². The summed E-state index contributed by atoms with van der Waals surface area (Å²) in [6, 6.07) is 14.3. The van der Waals surface area contributed by atoms with E-state index < -0.39 is 10.8 Å². The third-order valence-electron chi connectivity index (χ3n) is 4.28. The number of amides is 2. The largest absolute Gasteiger partial charge is 0.459 e. The molecule has 3 aromatic rings. The number of furan rings is 1. The second-order valence-corrected chi connectivity index (χ2v) is 6.41. The average Bonchev–Trinajstić information content (AvgIpc) is 3.27. The Bertz CT molecular complexity index is 1140. The molecule has 0 fully saturated rings. The number of nitro benzene ring substituents is 1. The molecule has 9 heteroatoms. The van der Waals surface area contributed by atoms with Crippen molar-refractivity contribution in [3.63, 3.8) is 0 Å². The number of nitro groups is 1. The number of hydrazone groups is 1. The van der Waals surface area contributed by atoms with E-state index >= 15 is 0 Å². The molecule has 2 N–H and O–H groups in total. The van der Waals surface area contributed by atoms with Crippen molar-refractivity contribution in [3.05, 3.63) is 93.4 Å². The van der Waals surface area contributed by atoms with Gasteiger partial charge < -0.3 is 9.73 Å². The lowest BCUT2D eigenvalue weighted by molar-refractivity contribution is -0.385. The number of carbonyl (C=O) groups excluding carboxylic acids is 2. The van der Waals surface area contributed by atoms with Crippen molar-refractivity contribution in [2.24, 2.45) is 5.10 Å². The summed E-state index contributed by atoms with van der Waals surface area (Å²) in [5, 5.41) is 17.8. The Hall–Kier alpha value is -4.27. The highest BCUT2D eigenvalue weighted by molar-refractivity contribution is 6.04. The number of benzene rings is 2. The van der Waals surface area contributed by atoms with Crippen LogP contribution in [0.3, 0.4) is 0 Å². The number of nitrogens with one attached hydrogen (secondary N) is 2. The van der Waals surface area contributed by atoms with Gasteiger partial charge >= 0.3 is 0 Å². The Morgan fingerprint density at radius 2 is 1.83 bits per heavy atom. The van der Waals surface area contributed by atoms with Crippen LogP contribution in [0, 0.1) is 17.0 Å².